The predicted molar refractivity (Wildman–Crippen MR) is 66.0 cm³/mol. The zero-order valence-corrected chi connectivity index (χ0v) is 10.7. The Labute approximate surface area is 109 Å². The van der Waals surface area contributed by atoms with Gasteiger partial charge < -0.3 is 11.1 Å². The lowest BCUT2D eigenvalue weighted by atomic mass is 10.2. The fourth-order valence-electron chi connectivity index (χ4n) is 1.87. The number of rotatable bonds is 3. The summed E-state index contributed by atoms with van der Waals surface area (Å²) < 4.78 is 1.53. The standard InChI is InChI=1S/C11H15N5O3/c1-3-16-5-6(12)9(14-16)10(18)13-7-4-8(17)15(2)11(7)19/h5,7H,3-4,12H2,1-2H3,(H,13,18). The van der Waals surface area contributed by atoms with Crippen LogP contribution in [0.1, 0.15) is 23.8 Å². The number of carbonyl (C=O) groups excluding carboxylic acids is 3. The largest absolute Gasteiger partial charge is 0.396 e. The van der Waals surface area contributed by atoms with Gasteiger partial charge in [-0.3, -0.25) is 24.0 Å². The second-order valence-corrected chi connectivity index (χ2v) is 4.31. The average molecular weight is 265 g/mol. The molecule has 2 heterocycles. The summed E-state index contributed by atoms with van der Waals surface area (Å²) in [6, 6.07) is -0.837. The number of aryl methyl sites for hydroxylation is 1. The van der Waals surface area contributed by atoms with Crippen LogP contribution in [0, 0.1) is 0 Å². The number of likely N-dealkylation sites (tertiary alicyclic amines) is 1. The van der Waals surface area contributed by atoms with Gasteiger partial charge in [-0.2, -0.15) is 5.10 Å². The molecule has 1 unspecified atom stereocenters. The van der Waals surface area contributed by atoms with Crippen molar-refractivity contribution in [1.29, 1.82) is 0 Å². The molecule has 1 aromatic rings. The third kappa shape index (κ3) is 2.28. The number of likely N-dealkylation sites (N-methyl/N-ethyl adjacent to an activating group) is 1. The van der Waals surface area contributed by atoms with Gasteiger partial charge >= 0.3 is 0 Å². The molecule has 0 aliphatic carbocycles. The molecule has 0 aromatic carbocycles. The van der Waals surface area contributed by atoms with Crippen LogP contribution in [0.4, 0.5) is 5.69 Å². The number of nitrogen functional groups attached to an aromatic ring is 1. The highest BCUT2D eigenvalue weighted by atomic mass is 16.2. The minimum atomic E-state index is -0.837. The number of nitrogens with zero attached hydrogens (tertiary/aromatic N) is 3. The molecule has 3 amide bonds. The SMILES string of the molecule is CCn1cc(N)c(C(=O)NC2CC(=O)N(C)C2=O)n1. The highest BCUT2D eigenvalue weighted by molar-refractivity contribution is 6.08. The molecule has 1 fully saturated rings. The molecule has 0 saturated carbocycles. The van der Waals surface area contributed by atoms with E-state index in [0.717, 1.165) is 4.90 Å². The lowest BCUT2D eigenvalue weighted by Crippen LogP contribution is -2.41. The lowest BCUT2D eigenvalue weighted by Gasteiger charge is -2.10. The van der Waals surface area contributed by atoms with E-state index in [9.17, 15) is 14.4 Å². The topological polar surface area (TPSA) is 110 Å². The molecular formula is C11H15N5O3. The molecule has 1 aliphatic heterocycles. The Morgan fingerprint density at radius 2 is 2.26 bits per heavy atom. The van der Waals surface area contributed by atoms with Crippen LogP contribution in [0.15, 0.2) is 6.20 Å². The monoisotopic (exact) mass is 265 g/mol. The Kier molecular flexibility index (Phi) is 3.24. The summed E-state index contributed by atoms with van der Waals surface area (Å²) in [5.41, 5.74) is 5.98. The third-order valence-corrected chi connectivity index (χ3v) is 3.02. The molecule has 0 bridgehead atoms. The van der Waals surface area contributed by atoms with E-state index in [1.54, 1.807) is 6.20 Å². The van der Waals surface area contributed by atoms with Crippen molar-refractivity contribution in [2.45, 2.75) is 25.9 Å². The zero-order chi connectivity index (χ0) is 14.2. The van der Waals surface area contributed by atoms with E-state index in [4.69, 9.17) is 5.73 Å². The van der Waals surface area contributed by atoms with Crippen molar-refractivity contribution >= 4 is 23.4 Å². The molecule has 19 heavy (non-hydrogen) atoms. The Balaban J connectivity index is 2.11. The third-order valence-electron chi connectivity index (χ3n) is 3.02. The summed E-state index contributed by atoms with van der Waals surface area (Å²) in [6.07, 6.45) is 1.51. The molecule has 102 valence electrons. The number of anilines is 1. The first kappa shape index (κ1) is 13.1. The maximum absolute atomic E-state index is 12.0. The second kappa shape index (κ2) is 4.71. The minimum Gasteiger partial charge on any atom is -0.396 e. The molecule has 3 N–H and O–H groups in total. The van der Waals surface area contributed by atoms with Crippen LogP contribution in [0.3, 0.4) is 0 Å². The Morgan fingerprint density at radius 3 is 2.74 bits per heavy atom. The lowest BCUT2D eigenvalue weighted by molar-refractivity contribution is -0.137. The van der Waals surface area contributed by atoms with Crippen molar-refractivity contribution in [3.63, 3.8) is 0 Å². The smallest absolute Gasteiger partial charge is 0.274 e. The van der Waals surface area contributed by atoms with Crippen molar-refractivity contribution in [3.8, 4) is 0 Å². The molecular weight excluding hydrogens is 250 g/mol. The molecule has 0 radical (unpaired) electrons. The van der Waals surface area contributed by atoms with E-state index in [1.165, 1.54) is 11.7 Å². The minimum absolute atomic E-state index is 0.0323. The van der Waals surface area contributed by atoms with Crippen LogP contribution in [0.25, 0.3) is 0 Å². The van der Waals surface area contributed by atoms with Gasteiger partial charge in [-0.15, -0.1) is 0 Å². The molecule has 0 spiro atoms. The van der Waals surface area contributed by atoms with Crippen LogP contribution in [0.5, 0.6) is 0 Å². The Bertz CT molecular complexity index is 551. The number of aromatic nitrogens is 2. The molecule has 1 saturated heterocycles. The molecule has 1 atom stereocenters. The van der Waals surface area contributed by atoms with Gasteiger partial charge in [-0.25, -0.2) is 0 Å². The van der Waals surface area contributed by atoms with Gasteiger partial charge in [0.2, 0.25) is 5.91 Å². The van der Waals surface area contributed by atoms with Gasteiger partial charge in [0.25, 0.3) is 11.8 Å². The first-order valence-corrected chi connectivity index (χ1v) is 5.88. The van der Waals surface area contributed by atoms with E-state index >= 15 is 0 Å². The van der Waals surface area contributed by atoms with Crippen molar-refractivity contribution in [2.75, 3.05) is 12.8 Å². The summed E-state index contributed by atoms with van der Waals surface area (Å²) in [5, 5.41) is 6.48. The van der Waals surface area contributed by atoms with Crippen LogP contribution in [0.2, 0.25) is 0 Å². The van der Waals surface area contributed by atoms with Crippen molar-refractivity contribution < 1.29 is 14.4 Å². The van der Waals surface area contributed by atoms with Gasteiger partial charge in [0.1, 0.15) is 6.04 Å². The number of carbonyl (C=O) groups is 3. The first-order chi connectivity index (χ1) is 8.93. The predicted octanol–water partition coefficient (Wildman–Crippen LogP) is -1.03. The van der Waals surface area contributed by atoms with Crippen LogP contribution in [-0.2, 0) is 16.1 Å². The maximum Gasteiger partial charge on any atom is 0.274 e. The van der Waals surface area contributed by atoms with Crippen LogP contribution < -0.4 is 11.1 Å². The van der Waals surface area contributed by atoms with E-state index < -0.39 is 17.9 Å². The van der Waals surface area contributed by atoms with Gasteiger partial charge in [0.05, 0.1) is 12.1 Å². The zero-order valence-electron chi connectivity index (χ0n) is 10.7. The van der Waals surface area contributed by atoms with Gasteiger partial charge in [0.15, 0.2) is 5.69 Å². The molecule has 2 rings (SSSR count). The van der Waals surface area contributed by atoms with E-state index in [2.05, 4.69) is 10.4 Å². The number of amides is 3. The Hall–Kier alpha value is -2.38. The van der Waals surface area contributed by atoms with E-state index in [1.807, 2.05) is 6.92 Å². The molecule has 1 aromatic heterocycles. The van der Waals surface area contributed by atoms with Crippen LogP contribution in [-0.4, -0.2) is 45.5 Å². The van der Waals surface area contributed by atoms with E-state index in [-0.39, 0.29) is 23.7 Å². The fraction of sp³-hybridized carbons (Fsp3) is 0.455. The Morgan fingerprint density at radius 1 is 1.58 bits per heavy atom. The number of hydrogen-bond acceptors (Lipinski definition) is 5. The van der Waals surface area contributed by atoms with Crippen molar-refractivity contribution in [2.24, 2.45) is 0 Å². The molecule has 8 heteroatoms. The maximum atomic E-state index is 12.0. The van der Waals surface area contributed by atoms with Gasteiger partial charge in [-0.1, -0.05) is 0 Å². The summed E-state index contributed by atoms with van der Waals surface area (Å²) >= 11 is 0. The number of nitrogens with two attached hydrogens (primary N) is 1. The number of nitrogens with one attached hydrogen (secondary N) is 1. The first-order valence-electron chi connectivity index (χ1n) is 5.88. The fourth-order valence-corrected chi connectivity index (χ4v) is 1.87. The second-order valence-electron chi connectivity index (χ2n) is 4.31. The van der Waals surface area contributed by atoms with Crippen molar-refractivity contribution in [3.05, 3.63) is 11.9 Å². The summed E-state index contributed by atoms with van der Waals surface area (Å²) in [6.45, 7) is 2.45. The van der Waals surface area contributed by atoms with Crippen molar-refractivity contribution in [1.82, 2.24) is 20.0 Å². The summed E-state index contributed by atoms with van der Waals surface area (Å²) in [5.74, 6) is -1.29. The van der Waals surface area contributed by atoms with Gasteiger partial charge in [0, 0.05) is 19.8 Å². The molecule has 1 aliphatic rings. The summed E-state index contributed by atoms with van der Waals surface area (Å²) in [7, 11) is 1.39. The molecule has 8 nitrogen and oxygen atoms in total. The van der Waals surface area contributed by atoms with Crippen LogP contribution >= 0.6 is 0 Å². The quantitative estimate of drug-likeness (QED) is 0.679. The highest BCUT2D eigenvalue weighted by Crippen LogP contribution is 2.13. The normalized spacial score (nSPS) is 19.1. The average Bonchev–Trinajstić information content (AvgIpc) is 2.86. The summed E-state index contributed by atoms with van der Waals surface area (Å²) in [4.78, 5) is 36.0. The highest BCUT2D eigenvalue weighted by Gasteiger charge is 2.37. The van der Waals surface area contributed by atoms with E-state index in [0.29, 0.717) is 6.54 Å². The number of hydrogen-bond donors (Lipinski definition) is 2. The number of imide groups is 1. The van der Waals surface area contributed by atoms with Gasteiger partial charge in [-0.05, 0) is 6.92 Å².